The number of aliphatic hydroxyl groups is 1. The summed E-state index contributed by atoms with van der Waals surface area (Å²) < 4.78 is 1.57. The van der Waals surface area contributed by atoms with Crippen molar-refractivity contribution in [1.29, 1.82) is 0 Å². The molecule has 0 saturated carbocycles. The van der Waals surface area contributed by atoms with Gasteiger partial charge >= 0.3 is 6.03 Å². The minimum Gasteiger partial charge on any atom is -0.394 e. The third-order valence-corrected chi connectivity index (χ3v) is 2.37. The summed E-state index contributed by atoms with van der Waals surface area (Å²) in [7, 11) is 1.76. The van der Waals surface area contributed by atoms with Crippen LogP contribution in [0.1, 0.15) is 26.1 Å². The topological polar surface area (TPSA) is 92.1 Å². The van der Waals surface area contributed by atoms with E-state index in [2.05, 4.69) is 20.7 Å². The predicted octanol–water partition coefficient (Wildman–Crippen LogP) is 0.0213. The summed E-state index contributed by atoms with van der Waals surface area (Å²) in [6.45, 7) is 4.29. The van der Waals surface area contributed by atoms with Crippen LogP contribution in [-0.2, 0) is 13.6 Å². The number of carbonyl (C=O) groups is 1. The molecule has 1 atom stereocenters. The van der Waals surface area contributed by atoms with Gasteiger partial charge in [0.2, 0.25) is 0 Å². The zero-order valence-corrected chi connectivity index (χ0v) is 11.1. The highest BCUT2D eigenvalue weighted by atomic mass is 16.3. The lowest BCUT2D eigenvalue weighted by atomic mass is 10.0. The Hall–Kier alpha value is -1.63. The molecule has 0 radical (unpaired) electrons. The molecule has 3 N–H and O–H groups in total. The second-order valence-electron chi connectivity index (χ2n) is 4.67. The maximum absolute atomic E-state index is 11.6. The van der Waals surface area contributed by atoms with Gasteiger partial charge in [0, 0.05) is 7.05 Å². The van der Waals surface area contributed by atoms with Crippen LogP contribution < -0.4 is 10.6 Å². The van der Waals surface area contributed by atoms with E-state index in [-0.39, 0.29) is 25.2 Å². The average Bonchev–Trinajstić information content (AvgIpc) is 2.71. The summed E-state index contributed by atoms with van der Waals surface area (Å²) in [6, 6.07) is -0.538. The van der Waals surface area contributed by atoms with E-state index in [0.29, 0.717) is 11.7 Å². The fourth-order valence-electron chi connectivity index (χ4n) is 1.61. The Morgan fingerprint density at radius 3 is 2.78 bits per heavy atom. The fourth-order valence-corrected chi connectivity index (χ4v) is 1.61. The molecule has 7 nitrogen and oxygen atoms in total. The van der Waals surface area contributed by atoms with Gasteiger partial charge in [0.15, 0.2) is 5.82 Å². The van der Waals surface area contributed by atoms with Crippen LogP contribution in [0.15, 0.2) is 6.33 Å². The SMILES string of the molecule is CC(C)CC(CO)NC(=O)NCc1ncn(C)n1. The molecule has 1 aromatic heterocycles. The summed E-state index contributed by atoms with van der Waals surface area (Å²) >= 11 is 0. The number of hydrogen-bond acceptors (Lipinski definition) is 4. The Labute approximate surface area is 107 Å². The van der Waals surface area contributed by atoms with Crippen molar-refractivity contribution < 1.29 is 9.90 Å². The molecule has 0 aromatic carbocycles. The van der Waals surface area contributed by atoms with Crippen molar-refractivity contribution in [3.05, 3.63) is 12.2 Å². The smallest absolute Gasteiger partial charge is 0.315 e. The first-order valence-corrected chi connectivity index (χ1v) is 6.01. The molecule has 1 rings (SSSR count). The summed E-state index contributed by atoms with van der Waals surface area (Å²) in [5, 5.41) is 18.5. The minimum atomic E-state index is -0.317. The Morgan fingerprint density at radius 1 is 1.56 bits per heavy atom. The van der Waals surface area contributed by atoms with Crippen molar-refractivity contribution in [3.8, 4) is 0 Å². The molecule has 1 heterocycles. The number of nitrogens with one attached hydrogen (secondary N) is 2. The highest BCUT2D eigenvalue weighted by Crippen LogP contribution is 2.03. The Bertz CT molecular complexity index is 377. The van der Waals surface area contributed by atoms with E-state index >= 15 is 0 Å². The number of nitrogens with zero attached hydrogens (tertiary/aromatic N) is 3. The van der Waals surface area contributed by atoms with E-state index in [1.807, 2.05) is 13.8 Å². The molecule has 0 fully saturated rings. The summed E-state index contributed by atoms with van der Waals surface area (Å²) in [6.07, 6.45) is 2.32. The van der Waals surface area contributed by atoms with Crippen molar-refractivity contribution in [1.82, 2.24) is 25.4 Å². The van der Waals surface area contributed by atoms with E-state index in [4.69, 9.17) is 5.11 Å². The average molecular weight is 255 g/mol. The first-order chi connectivity index (χ1) is 8.51. The van der Waals surface area contributed by atoms with Gasteiger partial charge in [0.25, 0.3) is 0 Å². The number of amides is 2. The Balaban J connectivity index is 2.32. The van der Waals surface area contributed by atoms with Crippen molar-refractivity contribution >= 4 is 6.03 Å². The maximum atomic E-state index is 11.6. The van der Waals surface area contributed by atoms with Crippen LogP contribution in [0.2, 0.25) is 0 Å². The van der Waals surface area contributed by atoms with Crippen molar-refractivity contribution in [3.63, 3.8) is 0 Å². The zero-order chi connectivity index (χ0) is 13.5. The first-order valence-electron chi connectivity index (χ1n) is 6.01. The molecule has 0 saturated heterocycles. The normalized spacial score (nSPS) is 12.5. The van der Waals surface area contributed by atoms with Crippen molar-refractivity contribution in [2.45, 2.75) is 32.9 Å². The first kappa shape index (κ1) is 14.4. The molecular weight excluding hydrogens is 234 g/mol. The molecule has 0 aliphatic rings. The van der Waals surface area contributed by atoms with E-state index < -0.39 is 0 Å². The van der Waals surface area contributed by atoms with Crippen LogP contribution in [0, 0.1) is 5.92 Å². The van der Waals surface area contributed by atoms with Gasteiger partial charge in [0.05, 0.1) is 19.2 Å². The number of aliphatic hydroxyl groups excluding tert-OH is 1. The third-order valence-electron chi connectivity index (χ3n) is 2.37. The largest absolute Gasteiger partial charge is 0.394 e. The standard InChI is InChI=1S/C11H21N5O2/c1-8(2)4-9(6-17)14-11(18)12-5-10-13-7-16(3)15-10/h7-9,17H,4-6H2,1-3H3,(H2,12,14,18). The molecule has 0 aliphatic carbocycles. The number of aryl methyl sites for hydroxylation is 1. The van der Waals surface area contributed by atoms with Gasteiger partial charge in [-0.2, -0.15) is 5.10 Å². The fraction of sp³-hybridized carbons (Fsp3) is 0.727. The van der Waals surface area contributed by atoms with Crippen molar-refractivity contribution in [2.75, 3.05) is 6.61 Å². The quantitative estimate of drug-likeness (QED) is 0.668. The van der Waals surface area contributed by atoms with E-state index in [1.165, 1.54) is 0 Å². The maximum Gasteiger partial charge on any atom is 0.315 e. The summed E-state index contributed by atoms with van der Waals surface area (Å²) in [5.74, 6) is 0.969. The van der Waals surface area contributed by atoms with E-state index in [1.54, 1.807) is 18.1 Å². The summed E-state index contributed by atoms with van der Waals surface area (Å²) in [5.41, 5.74) is 0. The molecular formula is C11H21N5O2. The van der Waals surface area contributed by atoms with E-state index in [9.17, 15) is 4.79 Å². The van der Waals surface area contributed by atoms with Crippen LogP contribution in [0.3, 0.4) is 0 Å². The zero-order valence-electron chi connectivity index (χ0n) is 11.1. The second kappa shape index (κ2) is 6.95. The van der Waals surface area contributed by atoms with Gasteiger partial charge in [-0.1, -0.05) is 13.8 Å². The van der Waals surface area contributed by atoms with Crippen LogP contribution in [0.25, 0.3) is 0 Å². The van der Waals surface area contributed by atoms with Gasteiger partial charge in [-0.25, -0.2) is 9.78 Å². The number of hydrogen-bond donors (Lipinski definition) is 3. The lowest BCUT2D eigenvalue weighted by molar-refractivity contribution is 0.206. The second-order valence-corrected chi connectivity index (χ2v) is 4.67. The lowest BCUT2D eigenvalue weighted by Gasteiger charge is -2.18. The monoisotopic (exact) mass is 255 g/mol. The molecule has 0 spiro atoms. The Kier molecular flexibility index (Phi) is 5.57. The lowest BCUT2D eigenvalue weighted by Crippen LogP contribution is -2.44. The minimum absolute atomic E-state index is 0.0621. The van der Waals surface area contributed by atoms with E-state index in [0.717, 1.165) is 6.42 Å². The number of rotatable bonds is 6. The third kappa shape index (κ3) is 5.13. The van der Waals surface area contributed by atoms with Gasteiger partial charge in [-0.3, -0.25) is 4.68 Å². The van der Waals surface area contributed by atoms with Gasteiger partial charge in [-0.05, 0) is 12.3 Å². The number of urea groups is 1. The highest BCUT2D eigenvalue weighted by molar-refractivity contribution is 5.74. The molecule has 18 heavy (non-hydrogen) atoms. The summed E-state index contributed by atoms with van der Waals surface area (Å²) in [4.78, 5) is 15.6. The van der Waals surface area contributed by atoms with Gasteiger partial charge in [-0.15, -0.1) is 0 Å². The van der Waals surface area contributed by atoms with Gasteiger partial charge in [0.1, 0.15) is 6.33 Å². The molecule has 7 heteroatoms. The highest BCUT2D eigenvalue weighted by Gasteiger charge is 2.12. The molecule has 2 amide bonds. The molecule has 0 aliphatic heterocycles. The van der Waals surface area contributed by atoms with Crippen LogP contribution in [-0.4, -0.2) is 38.6 Å². The predicted molar refractivity (Wildman–Crippen MR) is 66.7 cm³/mol. The Morgan fingerprint density at radius 2 is 2.28 bits per heavy atom. The van der Waals surface area contributed by atoms with Crippen LogP contribution >= 0.6 is 0 Å². The van der Waals surface area contributed by atoms with Crippen LogP contribution in [0.5, 0.6) is 0 Å². The molecule has 0 bridgehead atoms. The van der Waals surface area contributed by atoms with Crippen molar-refractivity contribution in [2.24, 2.45) is 13.0 Å². The molecule has 102 valence electrons. The number of carbonyl (C=O) groups excluding carboxylic acids is 1. The van der Waals surface area contributed by atoms with Gasteiger partial charge < -0.3 is 15.7 Å². The molecule has 1 unspecified atom stereocenters. The van der Waals surface area contributed by atoms with Crippen LogP contribution in [0.4, 0.5) is 4.79 Å². The number of aromatic nitrogens is 3. The molecule has 1 aromatic rings.